The van der Waals surface area contributed by atoms with E-state index in [4.69, 9.17) is 4.98 Å². The molecule has 1 aliphatic carbocycles. The molecule has 0 saturated heterocycles. The summed E-state index contributed by atoms with van der Waals surface area (Å²) in [5.41, 5.74) is 8.10. The molecule has 7 heteroatoms. The van der Waals surface area contributed by atoms with Crippen LogP contribution in [0.15, 0.2) is 30.5 Å². The van der Waals surface area contributed by atoms with Gasteiger partial charge in [0.15, 0.2) is 5.65 Å². The Hall–Kier alpha value is -3.32. The third-order valence-electron chi connectivity index (χ3n) is 6.30. The van der Waals surface area contributed by atoms with Crippen molar-refractivity contribution < 1.29 is 4.79 Å². The first kappa shape index (κ1) is 20.6. The highest BCUT2D eigenvalue weighted by atomic mass is 16.1. The summed E-state index contributed by atoms with van der Waals surface area (Å²) in [7, 11) is 3.99. The smallest absolute Gasteiger partial charge is 0.251 e. The molecule has 0 radical (unpaired) electrons. The largest absolute Gasteiger partial charge is 0.351 e. The van der Waals surface area contributed by atoms with Gasteiger partial charge in [-0.3, -0.25) is 9.89 Å². The number of H-pyrrole nitrogens is 1. The number of fused-ring (bicyclic) bond motifs is 5. The van der Waals surface area contributed by atoms with E-state index in [2.05, 4.69) is 20.5 Å². The molecule has 0 fully saturated rings. The van der Waals surface area contributed by atoms with Crippen LogP contribution in [-0.4, -0.2) is 58.2 Å². The summed E-state index contributed by atoms with van der Waals surface area (Å²) in [6.45, 7) is 3.48. The Morgan fingerprint density at radius 2 is 1.84 bits per heavy atom. The van der Waals surface area contributed by atoms with E-state index in [-0.39, 0.29) is 5.91 Å². The van der Waals surface area contributed by atoms with Crippen LogP contribution < -0.4 is 5.32 Å². The first-order valence-corrected chi connectivity index (χ1v) is 11.2. The molecular formula is C25H28N6O. The number of nitrogens with zero attached hydrogens (tertiary/aromatic N) is 4. The number of hydrogen-bond acceptors (Lipinski definition) is 5. The number of carbonyl (C=O) groups excluding carboxylic acids is 1. The lowest BCUT2D eigenvalue weighted by Crippen LogP contribution is -2.31. The number of likely N-dealkylation sites (N-methyl/N-ethyl adjacent to an activating group) is 1. The van der Waals surface area contributed by atoms with E-state index in [1.165, 1.54) is 22.9 Å². The number of aromatic nitrogens is 4. The van der Waals surface area contributed by atoms with E-state index in [9.17, 15) is 4.79 Å². The summed E-state index contributed by atoms with van der Waals surface area (Å²) in [5.74, 6) is -0.0473. The molecule has 0 saturated carbocycles. The van der Waals surface area contributed by atoms with Gasteiger partial charge >= 0.3 is 0 Å². The highest BCUT2D eigenvalue weighted by molar-refractivity contribution is 6.07. The number of aromatic amines is 1. The molecule has 0 spiro atoms. The van der Waals surface area contributed by atoms with Crippen molar-refractivity contribution in [2.24, 2.45) is 0 Å². The van der Waals surface area contributed by atoms with Crippen molar-refractivity contribution in [1.82, 2.24) is 30.4 Å². The number of amides is 1. The fourth-order valence-electron chi connectivity index (χ4n) is 4.66. The minimum atomic E-state index is -0.0473. The van der Waals surface area contributed by atoms with Gasteiger partial charge in [0.05, 0.1) is 22.8 Å². The van der Waals surface area contributed by atoms with E-state index in [0.29, 0.717) is 12.1 Å². The first-order chi connectivity index (χ1) is 15.5. The number of aryl methyl sites for hydroxylation is 2. The molecule has 4 aromatic rings. The summed E-state index contributed by atoms with van der Waals surface area (Å²) < 4.78 is 0. The van der Waals surface area contributed by atoms with Gasteiger partial charge in [-0.25, -0.2) is 9.97 Å². The molecule has 1 aliphatic rings. The third kappa shape index (κ3) is 3.62. The van der Waals surface area contributed by atoms with Gasteiger partial charge in [-0.05, 0) is 70.0 Å². The summed E-state index contributed by atoms with van der Waals surface area (Å²) in [6.07, 6.45) is 6.23. The van der Waals surface area contributed by atoms with Gasteiger partial charge in [-0.2, -0.15) is 5.10 Å². The Bertz CT molecular complexity index is 1310. The minimum Gasteiger partial charge on any atom is -0.351 e. The number of nitrogens with one attached hydrogen (secondary N) is 2. The summed E-state index contributed by atoms with van der Waals surface area (Å²) in [6, 6.07) is 7.81. The molecular weight excluding hydrogens is 400 g/mol. The summed E-state index contributed by atoms with van der Waals surface area (Å²) in [5, 5.41) is 12.7. The van der Waals surface area contributed by atoms with Crippen molar-refractivity contribution in [3.63, 3.8) is 0 Å². The quantitative estimate of drug-likeness (QED) is 0.507. The fraction of sp³-hybridized carbons (Fsp3) is 0.360. The van der Waals surface area contributed by atoms with Crippen LogP contribution in [0.4, 0.5) is 0 Å². The normalized spacial score (nSPS) is 13.6. The monoisotopic (exact) mass is 428 g/mol. The van der Waals surface area contributed by atoms with Crippen LogP contribution in [0, 0.1) is 6.92 Å². The topological polar surface area (TPSA) is 86.8 Å². The van der Waals surface area contributed by atoms with Crippen LogP contribution in [0.1, 0.15) is 40.0 Å². The molecule has 164 valence electrons. The van der Waals surface area contributed by atoms with Crippen LogP contribution in [0.25, 0.3) is 33.2 Å². The van der Waals surface area contributed by atoms with Crippen LogP contribution >= 0.6 is 0 Å². The predicted molar refractivity (Wildman–Crippen MR) is 127 cm³/mol. The van der Waals surface area contributed by atoms with Crippen molar-refractivity contribution in [2.75, 3.05) is 27.2 Å². The van der Waals surface area contributed by atoms with Crippen molar-refractivity contribution in [3.8, 4) is 11.3 Å². The first-order valence-electron chi connectivity index (χ1n) is 11.2. The maximum absolute atomic E-state index is 12.4. The van der Waals surface area contributed by atoms with Crippen molar-refractivity contribution >= 4 is 27.8 Å². The lowest BCUT2D eigenvalue weighted by Gasteiger charge is -2.22. The number of benzene rings is 1. The molecule has 0 aliphatic heterocycles. The Kier molecular flexibility index (Phi) is 5.35. The zero-order valence-corrected chi connectivity index (χ0v) is 18.8. The Labute approximate surface area is 187 Å². The zero-order chi connectivity index (χ0) is 22.2. The molecule has 3 heterocycles. The van der Waals surface area contributed by atoms with Crippen molar-refractivity contribution in [2.45, 2.75) is 32.6 Å². The molecule has 2 N–H and O–H groups in total. The molecule has 0 unspecified atom stereocenters. The molecule has 32 heavy (non-hydrogen) atoms. The molecule has 0 atom stereocenters. The molecule has 1 aromatic carbocycles. The summed E-state index contributed by atoms with van der Waals surface area (Å²) >= 11 is 0. The fourth-order valence-corrected chi connectivity index (χ4v) is 4.66. The Morgan fingerprint density at radius 3 is 2.59 bits per heavy atom. The van der Waals surface area contributed by atoms with Crippen LogP contribution in [0.5, 0.6) is 0 Å². The standard InChI is InChI=1S/C25H28N6O/c1-15-21-22-18-6-4-5-7-19(18)23(28-20(22)14-27-24(21)30-29-15)16-8-10-17(11-9-16)25(32)26-12-13-31(2)3/h8-11,14H,4-7,12-13H2,1-3H3,(H,26,32)(H,27,29,30). The summed E-state index contributed by atoms with van der Waals surface area (Å²) in [4.78, 5) is 24.1. The van der Waals surface area contributed by atoms with Gasteiger partial charge in [0, 0.05) is 35.3 Å². The van der Waals surface area contributed by atoms with Crippen LogP contribution in [-0.2, 0) is 12.8 Å². The van der Waals surface area contributed by atoms with E-state index in [0.717, 1.165) is 59.3 Å². The molecule has 3 aromatic heterocycles. The molecule has 1 amide bonds. The highest BCUT2D eigenvalue weighted by Gasteiger charge is 2.22. The zero-order valence-electron chi connectivity index (χ0n) is 18.8. The van der Waals surface area contributed by atoms with Gasteiger partial charge in [0.2, 0.25) is 0 Å². The van der Waals surface area contributed by atoms with E-state index < -0.39 is 0 Å². The maximum Gasteiger partial charge on any atom is 0.251 e. The van der Waals surface area contributed by atoms with Crippen LogP contribution in [0.3, 0.4) is 0 Å². The average Bonchev–Trinajstić information content (AvgIpc) is 3.19. The number of rotatable bonds is 5. The molecule has 5 rings (SSSR count). The number of pyridine rings is 2. The Balaban J connectivity index is 1.55. The highest BCUT2D eigenvalue weighted by Crippen LogP contribution is 2.38. The third-order valence-corrected chi connectivity index (χ3v) is 6.30. The number of hydrogen-bond donors (Lipinski definition) is 2. The van der Waals surface area contributed by atoms with Gasteiger partial charge in [-0.1, -0.05) is 12.1 Å². The maximum atomic E-state index is 12.4. The lowest BCUT2D eigenvalue weighted by molar-refractivity contribution is 0.0951. The van der Waals surface area contributed by atoms with Crippen molar-refractivity contribution in [1.29, 1.82) is 0 Å². The second-order valence-corrected chi connectivity index (χ2v) is 8.83. The predicted octanol–water partition coefficient (Wildman–Crippen LogP) is 3.65. The number of carbonyl (C=O) groups is 1. The second-order valence-electron chi connectivity index (χ2n) is 8.83. The van der Waals surface area contributed by atoms with Gasteiger partial charge in [0.25, 0.3) is 5.91 Å². The Morgan fingerprint density at radius 1 is 1.09 bits per heavy atom. The average molecular weight is 429 g/mol. The van der Waals surface area contributed by atoms with E-state index >= 15 is 0 Å². The van der Waals surface area contributed by atoms with E-state index in [1.807, 2.05) is 56.4 Å². The van der Waals surface area contributed by atoms with Gasteiger partial charge in [-0.15, -0.1) is 0 Å². The van der Waals surface area contributed by atoms with Crippen LogP contribution in [0.2, 0.25) is 0 Å². The molecule has 0 bridgehead atoms. The second kappa shape index (κ2) is 8.31. The SMILES string of the molecule is Cc1[nH]nc2ncc3nc(-c4ccc(C(=O)NCCN(C)C)cc4)c4c(c3c12)CCCC4. The van der Waals surface area contributed by atoms with Gasteiger partial charge in [0.1, 0.15) is 0 Å². The lowest BCUT2D eigenvalue weighted by atomic mass is 9.85. The van der Waals surface area contributed by atoms with Crippen molar-refractivity contribution in [3.05, 3.63) is 52.8 Å². The van der Waals surface area contributed by atoms with E-state index in [1.54, 1.807) is 0 Å². The van der Waals surface area contributed by atoms with Gasteiger partial charge < -0.3 is 10.2 Å². The molecule has 7 nitrogen and oxygen atoms in total. The minimum absolute atomic E-state index is 0.0473.